The van der Waals surface area contributed by atoms with Crippen molar-refractivity contribution in [2.24, 2.45) is 0 Å². The third-order valence-electron chi connectivity index (χ3n) is 4.30. The molecule has 1 aliphatic heterocycles. The Bertz CT molecular complexity index is 805. The van der Waals surface area contributed by atoms with E-state index >= 15 is 0 Å². The zero-order valence-electron chi connectivity index (χ0n) is 13.7. The molecule has 5 nitrogen and oxygen atoms in total. The van der Waals surface area contributed by atoms with Crippen molar-refractivity contribution >= 4 is 15.8 Å². The van der Waals surface area contributed by atoms with Gasteiger partial charge in [-0.1, -0.05) is 12.1 Å². The van der Waals surface area contributed by atoms with Gasteiger partial charge < -0.3 is 4.90 Å². The lowest BCUT2D eigenvalue weighted by molar-refractivity contribution is 0.520. The van der Waals surface area contributed by atoms with Gasteiger partial charge in [-0.05, 0) is 42.7 Å². The molecule has 1 atom stereocenters. The van der Waals surface area contributed by atoms with Crippen molar-refractivity contribution in [2.45, 2.75) is 23.8 Å². The molecular formula is C17H20FN3O2S. The van der Waals surface area contributed by atoms with E-state index in [9.17, 15) is 12.8 Å². The molecule has 1 fully saturated rings. The number of halogens is 1. The van der Waals surface area contributed by atoms with Crippen molar-refractivity contribution in [3.8, 4) is 0 Å². The van der Waals surface area contributed by atoms with Crippen LogP contribution in [0.3, 0.4) is 0 Å². The van der Waals surface area contributed by atoms with Crippen molar-refractivity contribution < 1.29 is 12.8 Å². The fraction of sp³-hybridized carbons (Fsp3) is 0.353. The second kappa shape index (κ2) is 6.49. The van der Waals surface area contributed by atoms with Gasteiger partial charge in [-0.15, -0.1) is 0 Å². The second-order valence-electron chi connectivity index (χ2n) is 6.04. The van der Waals surface area contributed by atoms with Crippen molar-refractivity contribution in [3.05, 3.63) is 54.0 Å². The minimum Gasteiger partial charge on any atom is -0.350 e. The van der Waals surface area contributed by atoms with Gasteiger partial charge in [0.15, 0.2) is 0 Å². The van der Waals surface area contributed by atoms with Crippen molar-refractivity contribution in [2.75, 3.05) is 25.5 Å². The number of rotatable bonds is 4. The summed E-state index contributed by atoms with van der Waals surface area (Å²) in [4.78, 5) is 6.66. The Hall–Kier alpha value is -1.99. The van der Waals surface area contributed by atoms with Crippen molar-refractivity contribution in [1.29, 1.82) is 0 Å². The van der Waals surface area contributed by atoms with Crippen LogP contribution in [0.25, 0.3) is 0 Å². The van der Waals surface area contributed by atoms with E-state index in [1.807, 2.05) is 0 Å². The number of pyridine rings is 1. The average Bonchev–Trinajstić information content (AvgIpc) is 3.05. The van der Waals surface area contributed by atoms with Gasteiger partial charge in [-0.25, -0.2) is 22.1 Å². The van der Waals surface area contributed by atoms with Crippen LogP contribution >= 0.6 is 0 Å². The molecule has 2 aromatic rings. The summed E-state index contributed by atoms with van der Waals surface area (Å²) in [7, 11) is -0.488. The van der Waals surface area contributed by atoms with Crippen LogP contribution in [0.2, 0.25) is 0 Å². The number of anilines is 1. The van der Waals surface area contributed by atoms with Crippen LogP contribution in [0.4, 0.5) is 10.2 Å². The summed E-state index contributed by atoms with van der Waals surface area (Å²) < 4.78 is 38.5. The minimum absolute atomic E-state index is 0.134. The van der Waals surface area contributed by atoms with Gasteiger partial charge in [0.1, 0.15) is 16.5 Å². The van der Waals surface area contributed by atoms with E-state index in [0.29, 0.717) is 0 Å². The molecule has 2 heterocycles. The molecule has 0 N–H and O–H groups in total. The van der Waals surface area contributed by atoms with Gasteiger partial charge in [0, 0.05) is 26.8 Å². The van der Waals surface area contributed by atoms with Crippen molar-refractivity contribution in [3.63, 3.8) is 0 Å². The molecule has 7 heteroatoms. The Morgan fingerprint density at radius 1 is 1.17 bits per heavy atom. The minimum atomic E-state index is -3.48. The molecule has 1 aliphatic rings. The van der Waals surface area contributed by atoms with Crippen LogP contribution in [-0.2, 0) is 10.0 Å². The van der Waals surface area contributed by atoms with Crippen molar-refractivity contribution in [1.82, 2.24) is 9.29 Å². The Balaban J connectivity index is 1.87. The van der Waals surface area contributed by atoms with E-state index in [1.54, 1.807) is 24.3 Å². The Morgan fingerprint density at radius 3 is 2.46 bits per heavy atom. The van der Waals surface area contributed by atoms with Crippen LogP contribution in [0, 0.1) is 5.82 Å². The lowest BCUT2D eigenvalue weighted by Gasteiger charge is -2.26. The average molecular weight is 349 g/mol. The van der Waals surface area contributed by atoms with Gasteiger partial charge in [-0.2, -0.15) is 0 Å². The summed E-state index contributed by atoms with van der Waals surface area (Å²) in [5.41, 5.74) is 1.04. The van der Waals surface area contributed by atoms with E-state index in [1.165, 1.54) is 36.7 Å². The number of sulfonamides is 1. The predicted molar refractivity (Wildman–Crippen MR) is 90.8 cm³/mol. The highest BCUT2D eigenvalue weighted by Crippen LogP contribution is 2.35. The first kappa shape index (κ1) is 16.9. The van der Waals surface area contributed by atoms with Gasteiger partial charge in [0.2, 0.25) is 10.0 Å². The zero-order chi connectivity index (χ0) is 17.3. The maximum absolute atomic E-state index is 13.1. The van der Waals surface area contributed by atoms with Crippen LogP contribution < -0.4 is 4.90 Å². The summed E-state index contributed by atoms with van der Waals surface area (Å²) in [6.07, 6.45) is 3.37. The number of nitrogens with zero attached hydrogens (tertiary/aromatic N) is 3. The number of hydrogen-bond donors (Lipinski definition) is 0. The van der Waals surface area contributed by atoms with Gasteiger partial charge in [0.05, 0.1) is 6.04 Å². The lowest BCUT2D eigenvalue weighted by Crippen LogP contribution is -2.25. The van der Waals surface area contributed by atoms with E-state index < -0.39 is 10.0 Å². The first-order valence-electron chi connectivity index (χ1n) is 7.80. The maximum atomic E-state index is 13.1. The molecule has 1 saturated heterocycles. The molecule has 0 spiro atoms. The Kier molecular flexibility index (Phi) is 4.56. The third-order valence-corrected chi connectivity index (χ3v) is 6.10. The number of hydrogen-bond acceptors (Lipinski definition) is 4. The first-order valence-corrected chi connectivity index (χ1v) is 9.24. The molecule has 128 valence electrons. The molecule has 3 rings (SSSR count). The molecule has 0 amide bonds. The van der Waals surface area contributed by atoms with Crippen LogP contribution in [0.5, 0.6) is 0 Å². The first-order chi connectivity index (χ1) is 11.4. The second-order valence-corrected chi connectivity index (χ2v) is 8.19. The molecule has 0 bridgehead atoms. The van der Waals surface area contributed by atoms with Crippen LogP contribution in [0.15, 0.2) is 47.5 Å². The SMILES string of the molecule is CN(C)S(=O)(=O)c1ccc(N2CCC[C@H]2c2ccc(F)cc2)nc1. The summed E-state index contributed by atoms with van der Waals surface area (Å²) in [5, 5.41) is 0. The molecule has 24 heavy (non-hydrogen) atoms. The van der Waals surface area contributed by atoms with Gasteiger partial charge in [0.25, 0.3) is 0 Å². The molecule has 1 aromatic carbocycles. The molecule has 0 unspecified atom stereocenters. The Morgan fingerprint density at radius 2 is 1.88 bits per heavy atom. The monoisotopic (exact) mass is 349 g/mol. The quantitative estimate of drug-likeness (QED) is 0.852. The summed E-state index contributed by atoms with van der Waals surface area (Å²) in [5.74, 6) is 0.485. The highest BCUT2D eigenvalue weighted by Gasteiger charge is 2.27. The number of benzene rings is 1. The highest BCUT2D eigenvalue weighted by atomic mass is 32.2. The summed E-state index contributed by atoms with van der Waals surface area (Å²) >= 11 is 0. The standard InChI is InChI=1S/C17H20FN3O2S/c1-20(2)24(22,23)15-9-10-17(19-12-15)21-11-3-4-16(21)13-5-7-14(18)8-6-13/h5-10,12,16H,3-4,11H2,1-2H3/t16-/m0/s1. The molecule has 0 aliphatic carbocycles. The molecular weight excluding hydrogens is 329 g/mol. The van der Waals surface area contributed by atoms with Gasteiger partial charge in [-0.3, -0.25) is 0 Å². The topological polar surface area (TPSA) is 53.5 Å². The highest BCUT2D eigenvalue weighted by molar-refractivity contribution is 7.89. The molecule has 0 saturated carbocycles. The normalized spacial score (nSPS) is 18.3. The maximum Gasteiger partial charge on any atom is 0.244 e. The smallest absolute Gasteiger partial charge is 0.244 e. The van der Waals surface area contributed by atoms with Crippen LogP contribution in [-0.4, -0.2) is 38.3 Å². The predicted octanol–water partition coefficient (Wildman–Crippen LogP) is 2.81. The van der Waals surface area contributed by atoms with E-state index in [4.69, 9.17) is 0 Å². The number of aromatic nitrogens is 1. The third kappa shape index (κ3) is 3.14. The summed E-state index contributed by atoms with van der Waals surface area (Å²) in [6.45, 7) is 0.842. The fourth-order valence-corrected chi connectivity index (χ4v) is 3.83. The van der Waals surface area contributed by atoms with Crippen LogP contribution in [0.1, 0.15) is 24.4 Å². The summed E-state index contributed by atoms with van der Waals surface area (Å²) in [6, 6.07) is 9.97. The van der Waals surface area contributed by atoms with E-state index in [-0.39, 0.29) is 16.8 Å². The Labute approximate surface area is 141 Å². The van der Waals surface area contributed by atoms with E-state index in [0.717, 1.165) is 30.8 Å². The lowest BCUT2D eigenvalue weighted by atomic mass is 10.0. The zero-order valence-corrected chi connectivity index (χ0v) is 14.5. The van der Waals surface area contributed by atoms with Gasteiger partial charge >= 0.3 is 0 Å². The molecule has 1 aromatic heterocycles. The van der Waals surface area contributed by atoms with E-state index in [2.05, 4.69) is 9.88 Å². The largest absolute Gasteiger partial charge is 0.350 e. The molecule has 0 radical (unpaired) electrons. The fourth-order valence-electron chi connectivity index (χ4n) is 2.98.